The molecule has 108 valence electrons. The van der Waals surface area contributed by atoms with Crippen molar-refractivity contribution in [1.82, 2.24) is 4.72 Å². The molecule has 0 aliphatic carbocycles. The van der Waals surface area contributed by atoms with Gasteiger partial charge in [-0.3, -0.25) is 0 Å². The summed E-state index contributed by atoms with van der Waals surface area (Å²) >= 11 is 0. The lowest BCUT2D eigenvalue weighted by atomic mass is 10.0. The summed E-state index contributed by atoms with van der Waals surface area (Å²) in [4.78, 5) is 0.188. The van der Waals surface area contributed by atoms with Crippen molar-refractivity contribution < 1.29 is 12.8 Å². The zero-order valence-corrected chi connectivity index (χ0v) is 12.9. The fraction of sp³-hybridized carbons (Fsp3) is 0.571. The van der Waals surface area contributed by atoms with E-state index < -0.39 is 15.8 Å². The number of rotatable bonds is 5. The monoisotopic (exact) mass is 287 g/mol. The van der Waals surface area contributed by atoms with Gasteiger partial charge in [0, 0.05) is 6.04 Å². The third-order valence-corrected chi connectivity index (χ3v) is 5.04. The van der Waals surface area contributed by atoms with Crippen LogP contribution in [0.4, 0.5) is 4.39 Å². The Labute approximate surface area is 115 Å². The molecular formula is C14H22FNO2S. The largest absolute Gasteiger partial charge is 0.241 e. The minimum absolute atomic E-state index is 0.117. The first kappa shape index (κ1) is 16.1. The van der Waals surface area contributed by atoms with Crippen molar-refractivity contribution in [3.05, 3.63) is 29.1 Å². The van der Waals surface area contributed by atoms with Gasteiger partial charge in [-0.15, -0.1) is 0 Å². The fourth-order valence-electron chi connectivity index (χ4n) is 2.27. The smallest absolute Gasteiger partial charge is 0.208 e. The van der Waals surface area contributed by atoms with Crippen LogP contribution in [0, 0.1) is 25.6 Å². The van der Waals surface area contributed by atoms with Crippen molar-refractivity contribution in [3.63, 3.8) is 0 Å². The fourth-order valence-corrected chi connectivity index (χ4v) is 4.19. The van der Waals surface area contributed by atoms with Crippen molar-refractivity contribution in [3.8, 4) is 0 Å². The Hall–Kier alpha value is -0.940. The van der Waals surface area contributed by atoms with Crippen molar-refractivity contribution >= 4 is 10.0 Å². The highest BCUT2D eigenvalue weighted by molar-refractivity contribution is 7.89. The summed E-state index contributed by atoms with van der Waals surface area (Å²) in [5.41, 5.74) is 0.868. The van der Waals surface area contributed by atoms with Crippen LogP contribution >= 0.6 is 0 Å². The molecule has 1 unspecified atom stereocenters. The van der Waals surface area contributed by atoms with Gasteiger partial charge in [0.25, 0.3) is 0 Å². The second-order valence-corrected chi connectivity index (χ2v) is 6.90. The topological polar surface area (TPSA) is 46.2 Å². The summed E-state index contributed by atoms with van der Waals surface area (Å²) in [6.45, 7) is 9.11. The molecule has 0 bridgehead atoms. The molecule has 5 heteroatoms. The minimum atomic E-state index is -3.61. The predicted octanol–water partition coefficient (Wildman–Crippen LogP) is 3.16. The highest BCUT2D eigenvalue weighted by Gasteiger charge is 2.24. The average Bonchev–Trinajstić information content (AvgIpc) is 2.23. The molecule has 0 saturated heterocycles. The molecule has 19 heavy (non-hydrogen) atoms. The Morgan fingerprint density at radius 1 is 1.21 bits per heavy atom. The van der Waals surface area contributed by atoms with Crippen LogP contribution in [0.15, 0.2) is 17.0 Å². The van der Waals surface area contributed by atoms with Crippen molar-refractivity contribution in [2.75, 3.05) is 0 Å². The van der Waals surface area contributed by atoms with E-state index in [1.54, 1.807) is 13.8 Å². The van der Waals surface area contributed by atoms with Crippen molar-refractivity contribution in [2.24, 2.45) is 5.92 Å². The summed E-state index contributed by atoms with van der Waals surface area (Å²) in [7, 11) is -3.61. The van der Waals surface area contributed by atoms with Gasteiger partial charge in [0.15, 0.2) is 0 Å². The molecule has 0 aliphatic heterocycles. The van der Waals surface area contributed by atoms with Crippen LogP contribution < -0.4 is 4.72 Å². The van der Waals surface area contributed by atoms with Gasteiger partial charge in [0.05, 0.1) is 4.90 Å². The van der Waals surface area contributed by atoms with Crippen LogP contribution in [0.5, 0.6) is 0 Å². The number of nitrogens with one attached hydrogen (secondary N) is 1. The van der Waals surface area contributed by atoms with E-state index in [4.69, 9.17) is 0 Å². The molecule has 1 atom stereocenters. The van der Waals surface area contributed by atoms with Gasteiger partial charge in [0.2, 0.25) is 10.0 Å². The Kier molecular flexibility index (Phi) is 5.10. The Morgan fingerprint density at radius 2 is 1.68 bits per heavy atom. The van der Waals surface area contributed by atoms with Gasteiger partial charge < -0.3 is 0 Å². The zero-order valence-electron chi connectivity index (χ0n) is 12.1. The van der Waals surface area contributed by atoms with Crippen LogP contribution in [0.25, 0.3) is 0 Å². The SMILES string of the molecule is CCC(NS(=O)(=O)c1c(C)cc(F)cc1C)C(C)C. The second kappa shape index (κ2) is 6.01. The average molecular weight is 287 g/mol. The highest BCUT2D eigenvalue weighted by atomic mass is 32.2. The zero-order chi connectivity index (χ0) is 14.8. The van der Waals surface area contributed by atoms with Crippen LogP contribution in [0.2, 0.25) is 0 Å². The minimum Gasteiger partial charge on any atom is -0.208 e. The molecule has 0 saturated carbocycles. The molecule has 0 aromatic heterocycles. The molecule has 0 fully saturated rings. The molecule has 0 radical (unpaired) electrons. The lowest BCUT2D eigenvalue weighted by molar-refractivity contribution is 0.437. The molecule has 1 N–H and O–H groups in total. The Bertz CT molecular complexity index is 530. The second-order valence-electron chi connectivity index (χ2n) is 5.25. The third kappa shape index (κ3) is 3.76. The quantitative estimate of drug-likeness (QED) is 0.904. The van der Waals surface area contributed by atoms with Crippen molar-refractivity contribution in [2.45, 2.75) is 52.0 Å². The molecular weight excluding hydrogens is 265 g/mol. The summed E-state index contributed by atoms with van der Waals surface area (Å²) in [6.07, 6.45) is 0.718. The van der Waals surface area contributed by atoms with E-state index in [1.165, 1.54) is 12.1 Å². The number of halogens is 1. The van der Waals surface area contributed by atoms with Crippen molar-refractivity contribution in [1.29, 1.82) is 0 Å². The van der Waals surface area contributed by atoms with E-state index in [9.17, 15) is 12.8 Å². The van der Waals surface area contributed by atoms with Crippen LogP contribution in [0.1, 0.15) is 38.3 Å². The lowest BCUT2D eigenvalue weighted by Crippen LogP contribution is -2.38. The number of benzene rings is 1. The first-order valence-corrected chi connectivity index (χ1v) is 7.96. The molecule has 1 aromatic rings. The van der Waals surface area contributed by atoms with E-state index in [0.29, 0.717) is 11.1 Å². The van der Waals surface area contributed by atoms with Gasteiger partial charge in [-0.25, -0.2) is 17.5 Å². The molecule has 0 heterocycles. The van der Waals surface area contributed by atoms with E-state index in [-0.39, 0.29) is 16.9 Å². The first-order valence-electron chi connectivity index (χ1n) is 6.48. The summed E-state index contributed by atoms with van der Waals surface area (Å²) in [5.74, 6) is -0.203. The predicted molar refractivity (Wildman–Crippen MR) is 75.1 cm³/mol. The maximum atomic E-state index is 13.2. The number of hydrogen-bond acceptors (Lipinski definition) is 2. The number of hydrogen-bond donors (Lipinski definition) is 1. The normalized spacial score (nSPS) is 13.8. The van der Waals surface area contributed by atoms with Gasteiger partial charge >= 0.3 is 0 Å². The lowest BCUT2D eigenvalue weighted by Gasteiger charge is -2.22. The van der Waals surface area contributed by atoms with E-state index in [0.717, 1.165) is 6.42 Å². The first-order chi connectivity index (χ1) is 8.69. The van der Waals surface area contributed by atoms with Gasteiger partial charge in [-0.2, -0.15) is 0 Å². The maximum absolute atomic E-state index is 13.2. The summed E-state index contributed by atoms with van der Waals surface area (Å²) in [6, 6.07) is 2.38. The third-order valence-electron chi connectivity index (χ3n) is 3.24. The molecule has 1 rings (SSSR count). The van der Waals surface area contributed by atoms with Gasteiger partial charge in [0.1, 0.15) is 5.82 Å². The Balaban J connectivity index is 3.21. The molecule has 0 amide bonds. The summed E-state index contributed by atoms with van der Waals surface area (Å²) in [5, 5.41) is 0. The van der Waals surface area contributed by atoms with Gasteiger partial charge in [-0.1, -0.05) is 20.8 Å². The Morgan fingerprint density at radius 3 is 2.05 bits per heavy atom. The highest BCUT2D eigenvalue weighted by Crippen LogP contribution is 2.22. The van der Waals surface area contributed by atoms with E-state index >= 15 is 0 Å². The number of aryl methyl sites for hydroxylation is 2. The van der Waals surface area contributed by atoms with E-state index in [1.807, 2.05) is 20.8 Å². The van der Waals surface area contributed by atoms with Gasteiger partial charge in [-0.05, 0) is 49.4 Å². The van der Waals surface area contributed by atoms with E-state index in [2.05, 4.69) is 4.72 Å². The van der Waals surface area contributed by atoms with Crippen LogP contribution in [-0.4, -0.2) is 14.5 Å². The summed E-state index contributed by atoms with van der Waals surface area (Å²) < 4.78 is 40.8. The molecule has 0 spiro atoms. The maximum Gasteiger partial charge on any atom is 0.241 e. The molecule has 0 aliphatic rings. The molecule has 3 nitrogen and oxygen atoms in total. The van der Waals surface area contributed by atoms with Crippen LogP contribution in [-0.2, 0) is 10.0 Å². The molecule has 1 aromatic carbocycles. The number of sulfonamides is 1. The standard InChI is InChI=1S/C14H22FNO2S/c1-6-13(9(2)3)16-19(17,18)14-10(4)7-12(15)8-11(14)5/h7-9,13,16H,6H2,1-5H3. The van der Waals surface area contributed by atoms with Crippen LogP contribution in [0.3, 0.4) is 0 Å².